The second kappa shape index (κ2) is 6.09. The zero-order chi connectivity index (χ0) is 17.4. The summed E-state index contributed by atoms with van der Waals surface area (Å²) >= 11 is 3.15. The SMILES string of the molecule is Cc1ccc(N2C(=O)NC(=O)C(=Cc3ccc(Br)o3)C2=O)cc1C. The molecular weight excluding hydrogens is 376 g/mol. The number of carbonyl (C=O) groups is 3. The molecule has 0 bridgehead atoms. The number of imide groups is 2. The molecular formula is C17H13BrN2O4. The van der Waals surface area contributed by atoms with Crippen molar-refractivity contribution in [3.63, 3.8) is 0 Å². The van der Waals surface area contributed by atoms with Crippen LogP contribution in [0.2, 0.25) is 0 Å². The van der Waals surface area contributed by atoms with Gasteiger partial charge in [0.1, 0.15) is 11.3 Å². The number of barbiturate groups is 1. The minimum atomic E-state index is -0.772. The molecule has 0 aliphatic carbocycles. The molecule has 1 fully saturated rings. The summed E-state index contributed by atoms with van der Waals surface area (Å²) < 4.78 is 5.76. The fraction of sp³-hybridized carbons (Fsp3) is 0.118. The number of rotatable bonds is 2. The van der Waals surface area contributed by atoms with E-state index in [0.29, 0.717) is 16.1 Å². The Morgan fingerprint density at radius 2 is 1.83 bits per heavy atom. The fourth-order valence-corrected chi connectivity index (χ4v) is 2.62. The van der Waals surface area contributed by atoms with Crippen molar-refractivity contribution in [1.82, 2.24) is 5.32 Å². The molecule has 122 valence electrons. The van der Waals surface area contributed by atoms with E-state index < -0.39 is 17.8 Å². The Bertz CT molecular complexity index is 898. The first-order chi connectivity index (χ1) is 11.4. The molecule has 0 radical (unpaired) electrons. The van der Waals surface area contributed by atoms with Gasteiger partial charge in [-0.2, -0.15) is 0 Å². The van der Waals surface area contributed by atoms with E-state index in [9.17, 15) is 14.4 Å². The first-order valence-electron chi connectivity index (χ1n) is 7.11. The van der Waals surface area contributed by atoms with Crippen molar-refractivity contribution in [2.45, 2.75) is 13.8 Å². The maximum absolute atomic E-state index is 12.7. The third-order valence-corrected chi connectivity index (χ3v) is 4.16. The van der Waals surface area contributed by atoms with Crippen molar-refractivity contribution in [3.8, 4) is 0 Å². The molecule has 0 spiro atoms. The van der Waals surface area contributed by atoms with Gasteiger partial charge in [-0.15, -0.1) is 0 Å². The quantitative estimate of drug-likeness (QED) is 0.631. The molecule has 2 aromatic rings. The van der Waals surface area contributed by atoms with Crippen LogP contribution in [0, 0.1) is 13.8 Å². The van der Waals surface area contributed by atoms with Gasteiger partial charge in [0.15, 0.2) is 4.67 Å². The monoisotopic (exact) mass is 388 g/mol. The molecule has 7 heteroatoms. The van der Waals surface area contributed by atoms with Crippen LogP contribution >= 0.6 is 15.9 Å². The third-order valence-electron chi connectivity index (χ3n) is 3.73. The lowest BCUT2D eigenvalue weighted by Gasteiger charge is -2.26. The molecule has 4 amide bonds. The molecule has 1 aromatic carbocycles. The van der Waals surface area contributed by atoms with Gasteiger partial charge in [0.05, 0.1) is 5.69 Å². The number of halogens is 1. The van der Waals surface area contributed by atoms with E-state index in [1.165, 1.54) is 6.08 Å². The van der Waals surface area contributed by atoms with E-state index in [0.717, 1.165) is 16.0 Å². The lowest BCUT2D eigenvalue weighted by atomic mass is 10.1. The molecule has 6 nitrogen and oxygen atoms in total. The summed E-state index contributed by atoms with van der Waals surface area (Å²) in [5, 5.41) is 2.18. The van der Waals surface area contributed by atoms with Crippen molar-refractivity contribution in [2.24, 2.45) is 0 Å². The number of furan rings is 1. The molecule has 1 aliphatic heterocycles. The van der Waals surface area contributed by atoms with Gasteiger partial charge in [-0.25, -0.2) is 9.69 Å². The van der Waals surface area contributed by atoms with Crippen molar-refractivity contribution in [2.75, 3.05) is 4.90 Å². The van der Waals surface area contributed by atoms with Crippen molar-refractivity contribution in [1.29, 1.82) is 0 Å². The maximum atomic E-state index is 12.7. The first-order valence-corrected chi connectivity index (χ1v) is 7.90. The van der Waals surface area contributed by atoms with Crippen LogP contribution in [0.4, 0.5) is 10.5 Å². The maximum Gasteiger partial charge on any atom is 0.335 e. The van der Waals surface area contributed by atoms with Gasteiger partial charge in [0.25, 0.3) is 11.8 Å². The summed E-state index contributed by atoms with van der Waals surface area (Å²) in [5.41, 5.74) is 2.20. The van der Waals surface area contributed by atoms with Crippen LogP contribution in [-0.2, 0) is 9.59 Å². The number of amides is 4. The molecule has 1 aromatic heterocycles. The summed E-state index contributed by atoms with van der Waals surface area (Å²) in [6.07, 6.45) is 1.31. The molecule has 2 heterocycles. The number of aryl methyl sites for hydroxylation is 2. The molecule has 0 atom stereocenters. The van der Waals surface area contributed by atoms with Gasteiger partial charge in [-0.3, -0.25) is 14.9 Å². The Balaban J connectivity index is 2.02. The lowest BCUT2D eigenvalue weighted by Crippen LogP contribution is -2.54. The molecule has 0 saturated carbocycles. The van der Waals surface area contributed by atoms with Crippen LogP contribution in [0.25, 0.3) is 6.08 Å². The molecule has 3 rings (SSSR count). The Kier molecular flexibility index (Phi) is 4.11. The average molecular weight is 389 g/mol. The van der Waals surface area contributed by atoms with E-state index >= 15 is 0 Å². The Hall–Kier alpha value is -2.67. The third kappa shape index (κ3) is 2.90. The topological polar surface area (TPSA) is 79.6 Å². The predicted molar refractivity (Wildman–Crippen MR) is 91.3 cm³/mol. The van der Waals surface area contributed by atoms with Gasteiger partial charge in [0.2, 0.25) is 0 Å². The van der Waals surface area contributed by atoms with Gasteiger partial charge in [0, 0.05) is 0 Å². The standard InChI is InChI=1S/C17H13BrN2O4/c1-9-3-4-11(7-10(9)2)20-16(22)13(15(21)19-17(20)23)8-12-5-6-14(18)24-12/h3-8H,1-2H3,(H,19,21,23). The van der Waals surface area contributed by atoms with Crippen molar-refractivity contribution < 1.29 is 18.8 Å². The van der Waals surface area contributed by atoms with E-state index in [1.54, 1.807) is 24.3 Å². The Labute approximate surface area is 146 Å². The highest BCUT2D eigenvalue weighted by molar-refractivity contribution is 9.10. The molecule has 24 heavy (non-hydrogen) atoms. The minimum absolute atomic E-state index is 0.172. The number of hydrogen-bond donors (Lipinski definition) is 1. The minimum Gasteiger partial charge on any atom is -0.450 e. The molecule has 1 saturated heterocycles. The smallest absolute Gasteiger partial charge is 0.335 e. The van der Waals surface area contributed by atoms with Crippen LogP contribution < -0.4 is 10.2 Å². The van der Waals surface area contributed by atoms with E-state index in [-0.39, 0.29) is 5.57 Å². The largest absolute Gasteiger partial charge is 0.450 e. The van der Waals surface area contributed by atoms with Gasteiger partial charge in [-0.1, -0.05) is 6.07 Å². The van der Waals surface area contributed by atoms with Crippen LogP contribution in [0.5, 0.6) is 0 Å². The summed E-state index contributed by atoms with van der Waals surface area (Å²) in [6.45, 7) is 3.81. The van der Waals surface area contributed by atoms with Crippen molar-refractivity contribution >= 4 is 45.5 Å². The fourth-order valence-electron chi connectivity index (χ4n) is 2.30. The second-order valence-corrected chi connectivity index (χ2v) is 6.15. The second-order valence-electron chi connectivity index (χ2n) is 5.37. The summed E-state index contributed by atoms with van der Waals surface area (Å²) in [6, 6.07) is 7.68. The van der Waals surface area contributed by atoms with Gasteiger partial charge in [-0.05, 0) is 71.2 Å². The highest BCUT2D eigenvalue weighted by atomic mass is 79.9. The van der Waals surface area contributed by atoms with Crippen LogP contribution in [0.3, 0.4) is 0 Å². The Morgan fingerprint density at radius 1 is 1.08 bits per heavy atom. The molecule has 1 aliphatic rings. The van der Waals surface area contributed by atoms with Crippen LogP contribution in [-0.4, -0.2) is 17.8 Å². The van der Waals surface area contributed by atoms with Crippen LogP contribution in [0.15, 0.2) is 45.0 Å². The van der Waals surface area contributed by atoms with Gasteiger partial charge < -0.3 is 4.42 Å². The zero-order valence-electron chi connectivity index (χ0n) is 12.9. The number of benzene rings is 1. The molecule has 0 unspecified atom stereocenters. The van der Waals surface area contributed by atoms with Crippen LogP contribution in [0.1, 0.15) is 16.9 Å². The highest BCUT2D eigenvalue weighted by Gasteiger charge is 2.37. The highest BCUT2D eigenvalue weighted by Crippen LogP contribution is 2.25. The summed E-state index contributed by atoms with van der Waals surface area (Å²) in [5.74, 6) is -1.12. The molecule has 1 N–H and O–H groups in total. The van der Waals surface area contributed by atoms with E-state index in [2.05, 4.69) is 21.2 Å². The number of hydrogen-bond acceptors (Lipinski definition) is 4. The van der Waals surface area contributed by atoms with E-state index in [1.807, 2.05) is 19.9 Å². The summed E-state index contributed by atoms with van der Waals surface area (Å²) in [4.78, 5) is 37.8. The van der Waals surface area contributed by atoms with E-state index in [4.69, 9.17) is 4.42 Å². The average Bonchev–Trinajstić information content (AvgIpc) is 2.92. The van der Waals surface area contributed by atoms with Crippen molar-refractivity contribution in [3.05, 3.63) is 57.5 Å². The normalized spacial score (nSPS) is 16.7. The predicted octanol–water partition coefficient (Wildman–Crippen LogP) is 3.33. The zero-order valence-corrected chi connectivity index (χ0v) is 14.5. The Morgan fingerprint density at radius 3 is 2.46 bits per heavy atom. The summed E-state index contributed by atoms with van der Waals surface area (Å²) in [7, 11) is 0. The number of anilines is 1. The lowest BCUT2D eigenvalue weighted by molar-refractivity contribution is -0.122. The first kappa shape index (κ1) is 16.2. The number of urea groups is 1. The number of nitrogens with zero attached hydrogens (tertiary/aromatic N) is 1. The number of carbonyl (C=O) groups excluding carboxylic acids is 3. The number of nitrogens with one attached hydrogen (secondary N) is 1. The van der Waals surface area contributed by atoms with Gasteiger partial charge >= 0.3 is 6.03 Å².